The van der Waals surface area contributed by atoms with E-state index in [1.807, 2.05) is 0 Å². The molecular weight excluding hydrogens is 110 g/mol. The summed E-state index contributed by atoms with van der Waals surface area (Å²) in [5.74, 6) is 0.906. The third-order valence-electron chi connectivity index (χ3n) is 1.86. The molecule has 0 spiro atoms. The SMILES string of the molecule is CCC1[CH-]CC[CH-]C1.[Li+].[Li+]. The van der Waals surface area contributed by atoms with Gasteiger partial charge in [-0.05, 0) is 0 Å². The minimum absolute atomic E-state index is 0. The van der Waals surface area contributed by atoms with Crippen LogP contribution in [-0.4, -0.2) is 0 Å². The Hall–Kier alpha value is 1.19. The second kappa shape index (κ2) is 8.29. The number of hydrogen-bond acceptors (Lipinski definition) is 0. The zero-order valence-electron chi connectivity index (χ0n) is 7.56. The molecular formula is C8H14Li2. The smallest absolute Gasteiger partial charge is 0.333 e. The minimum Gasteiger partial charge on any atom is -0.333 e. The largest absolute Gasteiger partial charge is 1.00 e. The Morgan fingerprint density at radius 2 is 2.00 bits per heavy atom. The van der Waals surface area contributed by atoms with Crippen molar-refractivity contribution in [1.29, 1.82) is 0 Å². The van der Waals surface area contributed by atoms with E-state index in [0.717, 1.165) is 5.92 Å². The minimum atomic E-state index is 0. The van der Waals surface area contributed by atoms with Crippen molar-refractivity contribution in [3.8, 4) is 0 Å². The zero-order valence-corrected chi connectivity index (χ0v) is 7.56. The Bertz CT molecular complexity index is 58.3. The van der Waals surface area contributed by atoms with Crippen molar-refractivity contribution in [2.75, 3.05) is 0 Å². The van der Waals surface area contributed by atoms with Crippen molar-refractivity contribution < 1.29 is 37.7 Å². The molecule has 0 aromatic heterocycles. The van der Waals surface area contributed by atoms with E-state index in [0.29, 0.717) is 0 Å². The zero-order chi connectivity index (χ0) is 5.82. The average Bonchev–Trinajstić information content (AvgIpc) is 1.90. The van der Waals surface area contributed by atoms with Crippen molar-refractivity contribution in [3.63, 3.8) is 0 Å². The second-order valence-corrected chi connectivity index (χ2v) is 2.51. The summed E-state index contributed by atoms with van der Waals surface area (Å²) in [4.78, 5) is 0. The van der Waals surface area contributed by atoms with E-state index in [1.165, 1.54) is 25.7 Å². The Morgan fingerprint density at radius 1 is 1.30 bits per heavy atom. The normalized spacial score (nSPS) is 24.3. The monoisotopic (exact) mass is 124 g/mol. The van der Waals surface area contributed by atoms with Gasteiger partial charge in [-0.2, -0.15) is 5.92 Å². The van der Waals surface area contributed by atoms with Crippen LogP contribution in [0.3, 0.4) is 0 Å². The predicted molar refractivity (Wildman–Crippen MR) is 36.2 cm³/mol. The molecule has 0 nitrogen and oxygen atoms in total. The first-order valence-electron chi connectivity index (χ1n) is 3.58. The van der Waals surface area contributed by atoms with E-state index < -0.39 is 0 Å². The molecule has 0 bridgehead atoms. The van der Waals surface area contributed by atoms with Crippen LogP contribution in [-0.2, 0) is 0 Å². The maximum absolute atomic E-state index is 2.46. The predicted octanol–water partition coefficient (Wildman–Crippen LogP) is -3.39. The topological polar surface area (TPSA) is 0 Å². The maximum atomic E-state index is 2.46. The Morgan fingerprint density at radius 3 is 2.30 bits per heavy atom. The fourth-order valence-electron chi connectivity index (χ4n) is 1.21. The maximum Gasteiger partial charge on any atom is 1.00 e. The van der Waals surface area contributed by atoms with Crippen molar-refractivity contribution >= 4 is 0 Å². The second-order valence-electron chi connectivity index (χ2n) is 2.51. The molecule has 1 unspecified atom stereocenters. The van der Waals surface area contributed by atoms with Crippen molar-refractivity contribution in [2.24, 2.45) is 5.92 Å². The quantitative estimate of drug-likeness (QED) is 0.253. The molecule has 0 radical (unpaired) electrons. The summed E-state index contributed by atoms with van der Waals surface area (Å²) in [7, 11) is 0. The molecule has 48 valence electrons. The van der Waals surface area contributed by atoms with Crippen LogP contribution in [0.1, 0.15) is 32.6 Å². The van der Waals surface area contributed by atoms with Gasteiger partial charge in [0.15, 0.2) is 0 Å². The van der Waals surface area contributed by atoms with Gasteiger partial charge in [0.1, 0.15) is 0 Å². The van der Waals surface area contributed by atoms with Crippen LogP contribution in [0.2, 0.25) is 0 Å². The summed E-state index contributed by atoms with van der Waals surface area (Å²) in [5, 5.41) is 0. The number of hydrogen-bond donors (Lipinski definition) is 0. The van der Waals surface area contributed by atoms with E-state index in [4.69, 9.17) is 0 Å². The molecule has 1 rings (SSSR count). The first-order valence-corrected chi connectivity index (χ1v) is 3.58. The van der Waals surface area contributed by atoms with E-state index in [2.05, 4.69) is 19.8 Å². The molecule has 1 atom stereocenters. The molecule has 2 heteroatoms. The van der Waals surface area contributed by atoms with Gasteiger partial charge in [-0.15, -0.1) is 0 Å². The molecule has 0 aromatic carbocycles. The molecule has 0 N–H and O–H groups in total. The van der Waals surface area contributed by atoms with Gasteiger partial charge in [0.25, 0.3) is 0 Å². The molecule has 0 saturated heterocycles. The van der Waals surface area contributed by atoms with Crippen LogP contribution in [0, 0.1) is 18.8 Å². The summed E-state index contributed by atoms with van der Waals surface area (Å²) < 4.78 is 0. The van der Waals surface area contributed by atoms with E-state index in [-0.39, 0.29) is 37.7 Å². The molecule has 10 heavy (non-hydrogen) atoms. The average molecular weight is 124 g/mol. The number of rotatable bonds is 1. The Balaban J connectivity index is 0. The standard InChI is InChI=1S/C8H14.2Li/c1-2-8-6-4-3-5-7-8;;/h4,7-8H,2-3,5-6H2,1H3;;/q-2;2*+1. The van der Waals surface area contributed by atoms with Gasteiger partial charge in [-0.3, -0.25) is 0 Å². The summed E-state index contributed by atoms with van der Waals surface area (Å²) >= 11 is 0. The fourth-order valence-corrected chi connectivity index (χ4v) is 1.21. The molecule has 1 saturated carbocycles. The van der Waals surface area contributed by atoms with Crippen LogP contribution in [0.25, 0.3) is 0 Å². The van der Waals surface area contributed by atoms with E-state index in [9.17, 15) is 0 Å². The van der Waals surface area contributed by atoms with Gasteiger partial charge in [-0.1, -0.05) is 13.3 Å². The van der Waals surface area contributed by atoms with E-state index in [1.54, 1.807) is 0 Å². The molecule has 1 fully saturated rings. The molecule has 0 aliphatic heterocycles. The fraction of sp³-hybridized carbons (Fsp3) is 0.750. The van der Waals surface area contributed by atoms with E-state index >= 15 is 0 Å². The first kappa shape index (κ1) is 13.8. The molecule has 0 amide bonds. The van der Waals surface area contributed by atoms with Gasteiger partial charge in [-0.25, -0.2) is 19.3 Å². The summed E-state index contributed by atoms with van der Waals surface area (Å²) in [6.45, 7) is 2.26. The van der Waals surface area contributed by atoms with Crippen molar-refractivity contribution in [3.05, 3.63) is 12.8 Å². The van der Waals surface area contributed by atoms with Gasteiger partial charge >= 0.3 is 37.7 Å². The van der Waals surface area contributed by atoms with Gasteiger partial charge in [0, 0.05) is 0 Å². The van der Waals surface area contributed by atoms with Crippen LogP contribution in [0.5, 0.6) is 0 Å². The van der Waals surface area contributed by atoms with Gasteiger partial charge < -0.3 is 12.8 Å². The van der Waals surface area contributed by atoms with Crippen LogP contribution in [0.4, 0.5) is 0 Å². The molecule has 1 aliphatic carbocycles. The van der Waals surface area contributed by atoms with Crippen LogP contribution in [0.15, 0.2) is 0 Å². The first-order chi connectivity index (χ1) is 3.93. The molecule has 0 aromatic rings. The Labute approximate surface area is 88.9 Å². The molecule has 1 aliphatic rings. The van der Waals surface area contributed by atoms with Crippen LogP contribution >= 0.6 is 0 Å². The van der Waals surface area contributed by atoms with Crippen LogP contribution < -0.4 is 37.7 Å². The summed E-state index contributed by atoms with van der Waals surface area (Å²) in [6.07, 6.45) is 10.2. The summed E-state index contributed by atoms with van der Waals surface area (Å²) in [6, 6.07) is 0. The van der Waals surface area contributed by atoms with Crippen molar-refractivity contribution in [2.45, 2.75) is 32.6 Å². The van der Waals surface area contributed by atoms with Crippen molar-refractivity contribution in [1.82, 2.24) is 0 Å². The molecule has 0 heterocycles. The summed E-state index contributed by atoms with van der Waals surface area (Å²) in [5.41, 5.74) is 0. The third kappa shape index (κ3) is 4.93. The van der Waals surface area contributed by atoms with Gasteiger partial charge in [0.05, 0.1) is 0 Å². The Kier molecular flexibility index (Phi) is 11.4. The van der Waals surface area contributed by atoms with Gasteiger partial charge in [0.2, 0.25) is 0 Å². The third-order valence-corrected chi connectivity index (χ3v) is 1.86.